The molecule has 0 saturated heterocycles. The van der Waals surface area contributed by atoms with E-state index in [4.69, 9.17) is 18.9 Å². The van der Waals surface area contributed by atoms with Gasteiger partial charge in [0.2, 0.25) is 11.7 Å². The van der Waals surface area contributed by atoms with Gasteiger partial charge in [-0.15, -0.1) is 0 Å². The van der Waals surface area contributed by atoms with Gasteiger partial charge in [-0.25, -0.2) is 19.4 Å². The van der Waals surface area contributed by atoms with Gasteiger partial charge in [0.1, 0.15) is 18.2 Å². The first kappa shape index (κ1) is 31.9. The van der Waals surface area contributed by atoms with Gasteiger partial charge in [-0.3, -0.25) is 4.79 Å². The molecule has 1 atom stereocenters. The Morgan fingerprint density at radius 1 is 0.905 bits per heavy atom. The molecule has 42 heavy (non-hydrogen) atoms. The lowest BCUT2D eigenvalue weighted by atomic mass is 10.1. The van der Waals surface area contributed by atoms with Crippen molar-refractivity contribution in [1.82, 2.24) is 15.6 Å². The highest BCUT2D eigenvalue weighted by Crippen LogP contribution is 2.22. The van der Waals surface area contributed by atoms with Crippen LogP contribution in [0.5, 0.6) is 5.88 Å². The standard InChI is InChI=1S/C31H37N3O8/c1-31(2,3)42-29(37)32-17-11-10-16-25(34-30(38)41-19-21-12-6-5-7-13-21)28(36)40-20-26(35)23-18-22-14-8-9-15-24(22)33-27(23)39-4/h5-9,12-15,18,25H,10-11,16-17,19-20H2,1-4H3,(H,32,37)(H,34,38)/t25-/m0/s1. The monoisotopic (exact) mass is 579 g/mol. The SMILES string of the molecule is COc1nc2ccccc2cc1C(=O)COC(=O)[C@H](CCCCNC(=O)OC(C)(C)C)NC(=O)OCc1ccccc1. The Balaban J connectivity index is 1.59. The zero-order chi connectivity index (χ0) is 30.5. The van der Waals surface area contributed by atoms with Crippen LogP contribution in [-0.4, -0.2) is 60.8 Å². The third-order valence-electron chi connectivity index (χ3n) is 5.91. The molecule has 0 unspecified atom stereocenters. The minimum atomic E-state index is -1.08. The minimum absolute atomic E-state index is 0.0154. The molecule has 0 fully saturated rings. The van der Waals surface area contributed by atoms with E-state index < -0.39 is 42.2 Å². The Morgan fingerprint density at radius 2 is 1.62 bits per heavy atom. The fraction of sp³-hybridized carbons (Fsp3) is 0.387. The van der Waals surface area contributed by atoms with Crippen LogP contribution >= 0.6 is 0 Å². The van der Waals surface area contributed by atoms with Crippen molar-refractivity contribution in [1.29, 1.82) is 0 Å². The summed E-state index contributed by atoms with van der Waals surface area (Å²) in [4.78, 5) is 54.7. The molecule has 224 valence electrons. The van der Waals surface area contributed by atoms with Crippen LogP contribution in [0.1, 0.15) is 56.0 Å². The molecule has 1 aromatic heterocycles. The number of ether oxygens (including phenoxy) is 4. The maximum absolute atomic E-state index is 13.0. The van der Waals surface area contributed by atoms with E-state index in [1.807, 2.05) is 36.4 Å². The number of rotatable bonds is 13. The summed E-state index contributed by atoms with van der Waals surface area (Å²) in [6.07, 6.45) is -0.213. The second-order valence-electron chi connectivity index (χ2n) is 10.5. The van der Waals surface area contributed by atoms with E-state index in [0.29, 0.717) is 24.9 Å². The molecule has 0 aliphatic rings. The van der Waals surface area contributed by atoms with Crippen molar-refractivity contribution in [2.24, 2.45) is 0 Å². The van der Waals surface area contributed by atoms with Gasteiger partial charge in [0.15, 0.2) is 6.61 Å². The lowest BCUT2D eigenvalue weighted by Gasteiger charge is -2.20. The lowest BCUT2D eigenvalue weighted by Crippen LogP contribution is -2.42. The Morgan fingerprint density at radius 3 is 2.33 bits per heavy atom. The summed E-state index contributed by atoms with van der Waals surface area (Å²) in [5, 5.41) is 5.91. The van der Waals surface area contributed by atoms with Crippen LogP contribution in [0.4, 0.5) is 9.59 Å². The summed E-state index contributed by atoms with van der Waals surface area (Å²) < 4.78 is 21.1. The number of ketones is 1. The van der Waals surface area contributed by atoms with Gasteiger partial charge in [-0.05, 0) is 57.7 Å². The molecule has 2 N–H and O–H groups in total. The third kappa shape index (κ3) is 10.4. The number of para-hydroxylation sites is 1. The summed E-state index contributed by atoms with van der Waals surface area (Å²) in [6.45, 7) is 5.05. The molecule has 2 amide bonds. The number of pyridine rings is 1. The van der Waals surface area contributed by atoms with Crippen LogP contribution < -0.4 is 15.4 Å². The molecule has 11 heteroatoms. The zero-order valence-corrected chi connectivity index (χ0v) is 24.3. The number of carbonyl (C=O) groups is 4. The first-order valence-electron chi connectivity index (χ1n) is 13.6. The summed E-state index contributed by atoms with van der Waals surface area (Å²) in [5.74, 6) is -1.19. The minimum Gasteiger partial charge on any atom is -0.480 e. The first-order valence-corrected chi connectivity index (χ1v) is 13.6. The number of nitrogens with one attached hydrogen (secondary N) is 2. The molecule has 3 rings (SSSR count). The van der Waals surface area contributed by atoms with Gasteiger partial charge in [0.25, 0.3) is 0 Å². The Bertz CT molecular complexity index is 1370. The van der Waals surface area contributed by atoms with Crippen LogP contribution in [0.2, 0.25) is 0 Å². The molecule has 0 radical (unpaired) electrons. The number of hydrogen-bond donors (Lipinski definition) is 2. The number of nitrogens with zero attached hydrogens (tertiary/aromatic N) is 1. The fourth-order valence-corrected chi connectivity index (χ4v) is 3.90. The molecule has 1 heterocycles. The predicted molar refractivity (Wildman–Crippen MR) is 155 cm³/mol. The molecular formula is C31H37N3O8. The van der Waals surface area contributed by atoms with Crippen LogP contribution in [0.3, 0.4) is 0 Å². The molecule has 0 bridgehead atoms. The number of fused-ring (bicyclic) bond motifs is 1. The summed E-state index contributed by atoms with van der Waals surface area (Å²) in [7, 11) is 1.40. The van der Waals surface area contributed by atoms with Gasteiger partial charge in [0, 0.05) is 11.9 Å². The average molecular weight is 580 g/mol. The molecular weight excluding hydrogens is 542 g/mol. The highest BCUT2D eigenvalue weighted by atomic mass is 16.6. The van der Waals surface area contributed by atoms with E-state index >= 15 is 0 Å². The van der Waals surface area contributed by atoms with Crippen molar-refractivity contribution in [2.75, 3.05) is 20.3 Å². The second kappa shape index (κ2) is 15.4. The molecule has 0 aliphatic heterocycles. The van der Waals surface area contributed by atoms with Crippen molar-refractivity contribution in [3.05, 3.63) is 71.8 Å². The molecule has 3 aromatic rings. The Hall–Kier alpha value is -4.67. The van der Waals surface area contributed by atoms with E-state index in [0.717, 1.165) is 10.9 Å². The smallest absolute Gasteiger partial charge is 0.408 e. The van der Waals surface area contributed by atoms with Gasteiger partial charge >= 0.3 is 18.2 Å². The van der Waals surface area contributed by atoms with Crippen molar-refractivity contribution in [3.8, 4) is 5.88 Å². The third-order valence-corrected chi connectivity index (χ3v) is 5.91. The number of methoxy groups -OCH3 is 1. The van der Waals surface area contributed by atoms with Gasteiger partial charge in [0.05, 0.1) is 18.2 Å². The van der Waals surface area contributed by atoms with Gasteiger partial charge < -0.3 is 29.6 Å². The topological polar surface area (TPSA) is 142 Å². The lowest BCUT2D eigenvalue weighted by molar-refractivity contribution is -0.145. The quantitative estimate of drug-likeness (QED) is 0.124. The summed E-state index contributed by atoms with van der Waals surface area (Å²) in [5.41, 5.74) is 0.989. The number of esters is 1. The molecule has 0 spiro atoms. The maximum Gasteiger partial charge on any atom is 0.408 e. The number of carbonyl (C=O) groups excluding carboxylic acids is 4. The van der Waals surface area contributed by atoms with Crippen molar-refractivity contribution in [2.45, 2.75) is 58.3 Å². The molecule has 11 nitrogen and oxygen atoms in total. The number of unbranched alkanes of at least 4 members (excludes halogenated alkanes) is 1. The maximum atomic E-state index is 13.0. The van der Waals surface area contributed by atoms with Crippen LogP contribution in [0.15, 0.2) is 60.7 Å². The molecule has 0 saturated carbocycles. The van der Waals surface area contributed by atoms with Crippen LogP contribution in [-0.2, 0) is 25.6 Å². The Kier molecular flexibility index (Phi) is 11.7. The van der Waals surface area contributed by atoms with E-state index in [9.17, 15) is 19.2 Å². The van der Waals surface area contributed by atoms with Crippen LogP contribution in [0.25, 0.3) is 10.9 Å². The van der Waals surface area contributed by atoms with E-state index in [1.165, 1.54) is 7.11 Å². The number of hydrogen-bond acceptors (Lipinski definition) is 9. The average Bonchev–Trinajstić information content (AvgIpc) is 2.96. The number of amides is 2. The zero-order valence-electron chi connectivity index (χ0n) is 24.3. The number of Topliss-reactive ketones (excluding diaryl/α,β-unsaturated/α-hetero) is 1. The van der Waals surface area contributed by atoms with Crippen LogP contribution in [0, 0.1) is 0 Å². The number of benzene rings is 2. The van der Waals surface area contributed by atoms with Gasteiger partial charge in [-0.1, -0.05) is 48.5 Å². The predicted octanol–water partition coefficient (Wildman–Crippen LogP) is 4.96. The van der Waals surface area contributed by atoms with E-state index in [-0.39, 0.29) is 24.5 Å². The highest BCUT2D eigenvalue weighted by molar-refractivity contribution is 6.02. The summed E-state index contributed by atoms with van der Waals surface area (Å²) >= 11 is 0. The number of aromatic nitrogens is 1. The number of alkyl carbamates (subject to hydrolysis) is 2. The van der Waals surface area contributed by atoms with Crippen molar-refractivity contribution in [3.63, 3.8) is 0 Å². The summed E-state index contributed by atoms with van der Waals surface area (Å²) in [6, 6.07) is 16.9. The fourth-order valence-electron chi connectivity index (χ4n) is 3.90. The Labute approximate surface area is 244 Å². The van der Waals surface area contributed by atoms with Gasteiger partial charge in [-0.2, -0.15) is 0 Å². The largest absolute Gasteiger partial charge is 0.480 e. The molecule has 0 aliphatic carbocycles. The highest BCUT2D eigenvalue weighted by Gasteiger charge is 2.25. The van der Waals surface area contributed by atoms with Crippen molar-refractivity contribution < 1.29 is 38.1 Å². The van der Waals surface area contributed by atoms with Crippen molar-refractivity contribution >= 4 is 34.8 Å². The van der Waals surface area contributed by atoms with E-state index in [1.54, 1.807) is 45.0 Å². The molecule has 2 aromatic carbocycles. The second-order valence-corrected chi connectivity index (χ2v) is 10.5. The normalized spacial score (nSPS) is 11.7. The van der Waals surface area contributed by atoms with E-state index in [2.05, 4.69) is 15.6 Å². The first-order chi connectivity index (χ1) is 20.1.